The van der Waals surface area contributed by atoms with Crippen LogP contribution in [0.2, 0.25) is 0 Å². The monoisotopic (exact) mass is 252 g/mol. The van der Waals surface area contributed by atoms with Gasteiger partial charge in [0.05, 0.1) is 7.11 Å². The molecule has 0 amide bonds. The summed E-state index contributed by atoms with van der Waals surface area (Å²) in [6.07, 6.45) is -0.304. The van der Waals surface area contributed by atoms with Crippen molar-refractivity contribution in [1.29, 1.82) is 0 Å². The summed E-state index contributed by atoms with van der Waals surface area (Å²) in [4.78, 5) is 11.0. The van der Waals surface area contributed by atoms with Gasteiger partial charge >= 0.3 is 6.16 Å². The molecule has 98 valence electrons. The molecular weight excluding hydrogens is 236 g/mol. The first-order chi connectivity index (χ1) is 8.74. The Labute approximate surface area is 106 Å². The van der Waals surface area contributed by atoms with Crippen molar-refractivity contribution >= 4 is 6.16 Å². The van der Waals surface area contributed by atoms with Crippen molar-refractivity contribution in [2.24, 2.45) is 0 Å². The Hall–Kier alpha value is -1.75. The standard InChI is InChI=1S/C13H16O5/c1-15-10-6-4-3-5-9(10)7-8-11-12(16-2)18-13(14)17-11/h3-6,11-12H,7-8H2,1-2H3. The summed E-state index contributed by atoms with van der Waals surface area (Å²) >= 11 is 0. The highest BCUT2D eigenvalue weighted by atomic mass is 16.8. The molecule has 1 aromatic carbocycles. The van der Waals surface area contributed by atoms with Gasteiger partial charge in [-0.3, -0.25) is 0 Å². The molecule has 2 rings (SSSR count). The molecule has 0 saturated carbocycles. The maximum atomic E-state index is 11.0. The minimum atomic E-state index is -0.674. The summed E-state index contributed by atoms with van der Waals surface area (Å²) in [7, 11) is 3.12. The molecule has 5 heteroatoms. The van der Waals surface area contributed by atoms with Crippen molar-refractivity contribution in [2.45, 2.75) is 25.2 Å². The third-order valence-electron chi connectivity index (χ3n) is 2.89. The zero-order chi connectivity index (χ0) is 13.0. The fourth-order valence-corrected chi connectivity index (χ4v) is 1.98. The van der Waals surface area contributed by atoms with E-state index in [0.29, 0.717) is 6.42 Å². The number of aryl methyl sites for hydroxylation is 1. The number of carbonyl (C=O) groups is 1. The molecule has 0 radical (unpaired) electrons. The van der Waals surface area contributed by atoms with Crippen LogP contribution in [0.15, 0.2) is 24.3 Å². The van der Waals surface area contributed by atoms with Gasteiger partial charge in [0.25, 0.3) is 0 Å². The smallest absolute Gasteiger partial charge is 0.496 e. The molecule has 0 bridgehead atoms. The molecule has 1 saturated heterocycles. The van der Waals surface area contributed by atoms with E-state index in [4.69, 9.17) is 18.9 Å². The van der Waals surface area contributed by atoms with Crippen LogP contribution >= 0.6 is 0 Å². The number of ether oxygens (including phenoxy) is 4. The normalized spacial score (nSPS) is 22.4. The Balaban J connectivity index is 1.96. The van der Waals surface area contributed by atoms with Gasteiger partial charge in [0, 0.05) is 7.11 Å². The summed E-state index contributed by atoms with van der Waals surface area (Å²) < 4.78 is 20.2. The summed E-state index contributed by atoms with van der Waals surface area (Å²) in [5.41, 5.74) is 1.07. The predicted octanol–water partition coefficient (Wildman–Crippen LogP) is 2.14. The number of rotatable bonds is 5. The van der Waals surface area contributed by atoms with E-state index >= 15 is 0 Å². The summed E-state index contributed by atoms with van der Waals surface area (Å²) in [6, 6.07) is 7.75. The van der Waals surface area contributed by atoms with Crippen molar-refractivity contribution in [3.8, 4) is 5.75 Å². The van der Waals surface area contributed by atoms with Crippen LogP contribution in [0.3, 0.4) is 0 Å². The van der Waals surface area contributed by atoms with E-state index in [2.05, 4.69) is 0 Å². The number of cyclic esters (lactones) is 2. The molecule has 1 aliphatic heterocycles. The van der Waals surface area contributed by atoms with Crippen LogP contribution in [0.5, 0.6) is 5.75 Å². The molecular formula is C13H16O5. The SMILES string of the molecule is COc1ccccc1CCC1OC(=O)OC1OC. The highest BCUT2D eigenvalue weighted by molar-refractivity contribution is 5.62. The summed E-state index contributed by atoms with van der Waals surface area (Å²) in [5, 5.41) is 0. The molecule has 1 fully saturated rings. The Kier molecular flexibility index (Phi) is 4.04. The second kappa shape index (κ2) is 5.73. The molecule has 18 heavy (non-hydrogen) atoms. The average Bonchev–Trinajstić information content (AvgIpc) is 2.77. The van der Waals surface area contributed by atoms with Gasteiger partial charge in [0.15, 0.2) is 6.10 Å². The largest absolute Gasteiger partial charge is 0.511 e. The van der Waals surface area contributed by atoms with Crippen molar-refractivity contribution in [3.63, 3.8) is 0 Å². The molecule has 0 aromatic heterocycles. The maximum Gasteiger partial charge on any atom is 0.511 e. The first-order valence-corrected chi connectivity index (χ1v) is 5.76. The van der Waals surface area contributed by atoms with Crippen LogP contribution < -0.4 is 4.74 Å². The Bertz CT molecular complexity index is 418. The van der Waals surface area contributed by atoms with Gasteiger partial charge < -0.3 is 18.9 Å². The number of hydrogen-bond donors (Lipinski definition) is 0. The van der Waals surface area contributed by atoms with Gasteiger partial charge in [-0.2, -0.15) is 0 Å². The van der Waals surface area contributed by atoms with Crippen LogP contribution in [0.1, 0.15) is 12.0 Å². The lowest BCUT2D eigenvalue weighted by Crippen LogP contribution is -2.24. The van der Waals surface area contributed by atoms with E-state index in [-0.39, 0.29) is 6.10 Å². The Morgan fingerprint density at radius 3 is 2.72 bits per heavy atom. The van der Waals surface area contributed by atoms with Gasteiger partial charge in [0.1, 0.15) is 5.75 Å². The van der Waals surface area contributed by atoms with Crippen molar-refractivity contribution in [3.05, 3.63) is 29.8 Å². The minimum absolute atomic E-state index is 0.368. The zero-order valence-electron chi connectivity index (χ0n) is 10.4. The van der Waals surface area contributed by atoms with Crippen molar-refractivity contribution in [2.75, 3.05) is 14.2 Å². The number of para-hydroxylation sites is 1. The lowest BCUT2D eigenvalue weighted by molar-refractivity contribution is -0.0780. The molecule has 1 aliphatic rings. The number of methoxy groups -OCH3 is 2. The van der Waals surface area contributed by atoms with Crippen LogP contribution in [0.25, 0.3) is 0 Å². The molecule has 1 heterocycles. The first-order valence-electron chi connectivity index (χ1n) is 5.76. The van der Waals surface area contributed by atoms with E-state index in [0.717, 1.165) is 17.7 Å². The lowest BCUT2D eigenvalue weighted by atomic mass is 10.1. The second-order valence-corrected chi connectivity index (χ2v) is 3.98. The van der Waals surface area contributed by atoms with Crippen LogP contribution in [-0.4, -0.2) is 32.8 Å². The summed E-state index contributed by atoms with van der Waals surface area (Å²) in [5.74, 6) is 0.830. The van der Waals surface area contributed by atoms with Crippen molar-refractivity contribution < 1.29 is 23.7 Å². The topological polar surface area (TPSA) is 54.0 Å². The van der Waals surface area contributed by atoms with Gasteiger partial charge in [-0.05, 0) is 24.5 Å². The van der Waals surface area contributed by atoms with Crippen LogP contribution in [0, 0.1) is 0 Å². The zero-order valence-corrected chi connectivity index (χ0v) is 10.4. The highest BCUT2D eigenvalue weighted by Gasteiger charge is 2.36. The molecule has 5 nitrogen and oxygen atoms in total. The number of hydrogen-bond acceptors (Lipinski definition) is 5. The van der Waals surface area contributed by atoms with Crippen LogP contribution in [-0.2, 0) is 20.6 Å². The van der Waals surface area contributed by atoms with E-state index in [1.54, 1.807) is 7.11 Å². The average molecular weight is 252 g/mol. The van der Waals surface area contributed by atoms with Crippen LogP contribution in [0.4, 0.5) is 4.79 Å². The predicted molar refractivity (Wildman–Crippen MR) is 63.5 cm³/mol. The van der Waals surface area contributed by atoms with E-state index in [9.17, 15) is 4.79 Å². The highest BCUT2D eigenvalue weighted by Crippen LogP contribution is 2.24. The van der Waals surface area contributed by atoms with E-state index in [1.165, 1.54) is 7.11 Å². The maximum absolute atomic E-state index is 11.0. The number of benzene rings is 1. The Morgan fingerprint density at radius 1 is 1.22 bits per heavy atom. The Morgan fingerprint density at radius 2 is 2.00 bits per heavy atom. The molecule has 0 aliphatic carbocycles. The molecule has 0 N–H and O–H groups in total. The quantitative estimate of drug-likeness (QED) is 0.751. The third kappa shape index (κ3) is 2.73. The first kappa shape index (κ1) is 12.7. The lowest BCUT2D eigenvalue weighted by Gasteiger charge is -2.14. The van der Waals surface area contributed by atoms with E-state index in [1.807, 2.05) is 24.3 Å². The molecule has 2 atom stereocenters. The fraction of sp³-hybridized carbons (Fsp3) is 0.462. The fourth-order valence-electron chi connectivity index (χ4n) is 1.98. The van der Waals surface area contributed by atoms with E-state index < -0.39 is 12.4 Å². The van der Waals surface area contributed by atoms with Gasteiger partial charge in [-0.25, -0.2) is 4.79 Å². The molecule has 2 unspecified atom stereocenters. The summed E-state index contributed by atoms with van der Waals surface area (Å²) in [6.45, 7) is 0. The van der Waals surface area contributed by atoms with Gasteiger partial charge in [-0.1, -0.05) is 18.2 Å². The second-order valence-electron chi connectivity index (χ2n) is 3.98. The van der Waals surface area contributed by atoms with Gasteiger partial charge in [0.2, 0.25) is 6.29 Å². The van der Waals surface area contributed by atoms with Gasteiger partial charge in [-0.15, -0.1) is 0 Å². The minimum Gasteiger partial charge on any atom is -0.496 e. The molecule has 0 spiro atoms. The molecule has 1 aromatic rings. The third-order valence-corrected chi connectivity index (χ3v) is 2.89. The number of carbonyl (C=O) groups excluding carboxylic acids is 1. The van der Waals surface area contributed by atoms with Crippen molar-refractivity contribution in [1.82, 2.24) is 0 Å².